The van der Waals surface area contributed by atoms with E-state index in [-0.39, 0.29) is 6.04 Å². The number of aromatic hydroxyl groups is 1. The van der Waals surface area contributed by atoms with Gasteiger partial charge in [0.25, 0.3) is 0 Å². The predicted octanol–water partition coefficient (Wildman–Crippen LogP) is 3.27. The molecule has 0 aliphatic carbocycles. The van der Waals surface area contributed by atoms with Crippen molar-refractivity contribution in [2.24, 2.45) is 11.7 Å². The molecule has 2 unspecified atom stereocenters. The molecule has 0 saturated heterocycles. The average molecular weight is 241 g/mol. The van der Waals surface area contributed by atoms with Gasteiger partial charge in [-0.15, -0.1) is 0 Å². The molecule has 0 radical (unpaired) electrons. The molecule has 0 aliphatic rings. The highest BCUT2D eigenvalue weighted by molar-refractivity contribution is 5.27. The topological polar surface area (TPSA) is 46.2 Å². The van der Waals surface area contributed by atoms with E-state index in [1.807, 2.05) is 30.3 Å². The fourth-order valence-corrected chi connectivity index (χ4v) is 2.13. The summed E-state index contributed by atoms with van der Waals surface area (Å²) in [5, 5.41) is 9.25. The summed E-state index contributed by atoms with van der Waals surface area (Å²) in [5.41, 5.74) is 8.64. The molecule has 3 N–H and O–H groups in total. The Bertz CT molecular complexity index is 478. The normalized spacial score (nSPS) is 14.1. The van der Waals surface area contributed by atoms with Crippen LogP contribution in [-0.4, -0.2) is 5.11 Å². The molecule has 2 nitrogen and oxygen atoms in total. The highest BCUT2D eigenvalue weighted by atomic mass is 16.3. The van der Waals surface area contributed by atoms with Gasteiger partial charge in [0.2, 0.25) is 0 Å². The second kappa shape index (κ2) is 5.69. The summed E-state index contributed by atoms with van der Waals surface area (Å²) in [6, 6.07) is 17.5. The van der Waals surface area contributed by atoms with Crippen LogP contribution in [0.4, 0.5) is 0 Å². The van der Waals surface area contributed by atoms with Crippen LogP contribution in [0.5, 0.6) is 5.75 Å². The highest BCUT2D eigenvalue weighted by Crippen LogP contribution is 2.23. The van der Waals surface area contributed by atoms with Crippen molar-refractivity contribution in [2.75, 3.05) is 0 Å². The maximum absolute atomic E-state index is 9.25. The third-order valence-corrected chi connectivity index (χ3v) is 3.29. The van der Waals surface area contributed by atoms with Gasteiger partial charge in [-0.3, -0.25) is 0 Å². The van der Waals surface area contributed by atoms with Crippen LogP contribution in [0.25, 0.3) is 0 Å². The van der Waals surface area contributed by atoms with E-state index in [0.29, 0.717) is 11.7 Å². The number of benzene rings is 2. The Balaban J connectivity index is 2.03. The molecule has 0 aromatic heterocycles. The van der Waals surface area contributed by atoms with Gasteiger partial charge in [-0.1, -0.05) is 49.4 Å². The summed E-state index contributed by atoms with van der Waals surface area (Å²) < 4.78 is 0. The maximum atomic E-state index is 9.25. The Kier molecular flexibility index (Phi) is 4.00. The van der Waals surface area contributed by atoms with Crippen molar-refractivity contribution in [3.05, 3.63) is 65.7 Å². The molecule has 0 bridgehead atoms. The minimum atomic E-state index is 0.0417. The fourth-order valence-electron chi connectivity index (χ4n) is 2.13. The molecule has 0 heterocycles. The van der Waals surface area contributed by atoms with Crippen LogP contribution < -0.4 is 5.73 Å². The molecule has 2 rings (SSSR count). The third kappa shape index (κ3) is 3.11. The van der Waals surface area contributed by atoms with Gasteiger partial charge in [0.15, 0.2) is 0 Å². The quantitative estimate of drug-likeness (QED) is 0.863. The fraction of sp³-hybridized carbons (Fsp3) is 0.250. The first-order chi connectivity index (χ1) is 8.66. The zero-order chi connectivity index (χ0) is 13.0. The second-order valence-electron chi connectivity index (χ2n) is 4.78. The molecular weight excluding hydrogens is 222 g/mol. The van der Waals surface area contributed by atoms with E-state index in [2.05, 4.69) is 19.1 Å². The molecule has 0 spiro atoms. The summed E-state index contributed by atoms with van der Waals surface area (Å²) >= 11 is 0. The SMILES string of the molecule is CC(Cc1ccc(O)cc1)C(N)c1ccccc1. The minimum absolute atomic E-state index is 0.0417. The van der Waals surface area contributed by atoms with Gasteiger partial charge in [0.1, 0.15) is 5.75 Å². The molecule has 0 aliphatic heterocycles. The third-order valence-electron chi connectivity index (χ3n) is 3.29. The molecule has 2 aromatic rings. The standard InChI is InChI=1S/C16H19NO/c1-12(11-13-7-9-15(18)10-8-13)16(17)14-5-3-2-4-6-14/h2-10,12,16,18H,11,17H2,1H3. The van der Waals surface area contributed by atoms with Crippen LogP contribution >= 0.6 is 0 Å². The second-order valence-corrected chi connectivity index (χ2v) is 4.78. The number of hydrogen-bond acceptors (Lipinski definition) is 2. The molecule has 0 saturated carbocycles. The average Bonchev–Trinajstić information content (AvgIpc) is 2.41. The number of hydrogen-bond donors (Lipinski definition) is 2. The zero-order valence-corrected chi connectivity index (χ0v) is 10.6. The van der Waals surface area contributed by atoms with Gasteiger partial charge < -0.3 is 10.8 Å². The first-order valence-electron chi connectivity index (χ1n) is 6.25. The van der Waals surface area contributed by atoms with Crippen molar-refractivity contribution < 1.29 is 5.11 Å². The summed E-state index contributed by atoms with van der Waals surface area (Å²) in [5.74, 6) is 0.663. The van der Waals surface area contributed by atoms with Crippen molar-refractivity contribution in [2.45, 2.75) is 19.4 Å². The summed E-state index contributed by atoms with van der Waals surface area (Å²) in [6.07, 6.45) is 0.913. The molecular formula is C16H19NO. The molecule has 2 atom stereocenters. The van der Waals surface area contributed by atoms with E-state index >= 15 is 0 Å². The van der Waals surface area contributed by atoms with Crippen LogP contribution in [0.1, 0.15) is 24.1 Å². The zero-order valence-electron chi connectivity index (χ0n) is 10.6. The van der Waals surface area contributed by atoms with Gasteiger partial charge in [-0.2, -0.15) is 0 Å². The number of rotatable bonds is 4. The van der Waals surface area contributed by atoms with Crippen molar-refractivity contribution in [3.8, 4) is 5.75 Å². The lowest BCUT2D eigenvalue weighted by molar-refractivity contribution is 0.464. The van der Waals surface area contributed by atoms with Crippen molar-refractivity contribution in [3.63, 3.8) is 0 Å². The van der Waals surface area contributed by atoms with E-state index in [9.17, 15) is 5.11 Å². The molecule has 2 aromatic carbocycles. The predicted molar refractivity (Wildman–Crippen MR) is 74.3 cm³/mol. The first kappa shape index (κ1) is 12.7. The van der Waals surface area contributed by atoms with Crippen LogP contribution in [-0.2, 0) is 6.42 Å². The van der Waals surface area contributed by atoms with Crippen molar-refractivity contribution in [1.29, 1.82) is 0 Å². The van der Waals surface area contributed by atoms with E-state index < -0.39 is 0 Å². The molecule has 2 heteroatoms. The monoisotopic (exact) mass is 241 g/mol. The molecule has 0 amide bonds. The highest BCUT2D eigenvalue weighted by Gasteiger charge is 2.14. The Labute approximate surface area is 108 Å². The van der Waals surface area contributed by atoms with Gasteiger partial charge in [-0.05, 0) is 35.6 Å². The lowest BCUT2D eigenvalue weighted by Crippen LogP contribution is -2.20. The molecule has 18 heavy (non-hydrogen) atoms. The Morgan fingerprint density at radius 1 is 1.00 bits per heavy atom. The van der Waals surface area contributed by atoms with E-state index in [1.54, 1.807) is 12.1 Å². The smallest absolute Gasteiger partial charge is 0.115 e. The Morgan fingerprint density at radius 3 is 2.22 bits per heavy atom. The van der Waals surface area contributed by atoms with Crippen LogP contribution in [0, 0.1) is 5.92 Å². The Hall–Kier alpha value is -1.80. The summed E-state index contributed by atoms with van der Waals surface area (Å²) in [7, 11) is 0. The number of phenols is 1. The van der Waals surface area contributed by atoms with Gasteiger partial charge in [-0.25, -0.2) is 0 Å². The molecule has 94 valence electrons. The van der Waals surface area contributed by atoms with E-state index in [1.165, 1.54) is 11.1 Å². The van der Waals surface area contributed by atoms with E-state index in [4.69, 9.17) is 5.73 Å². The van der Waals surface area contributed by atoms with Crippen LogP contribution in [0.2, 0.25) is 0 Å². The molecule has 0 fully saturated rings. The van der Waals surface area contributed by atoms with Crippen LogP contribution in [0.15, 0.2) is 54.6 Å². The van der Waals surface area contributed by atoms with Crippen molar-refractivity contribution in [1.82, 2.24) is 0 Å². The first-order valence-corrected chi connectivity index (χ1v) is 6.25. The van der Waals surface area contributed by atoms with Gasteiger partial charge >= 0.3 is 0 Å². The number of phenolic OH excluding ortho intramolecular Hbond substituents is 1. The number of nitrogens with two attached hydrogens (primary N) is 1. The van der Waals surface area contributed by atoms with Gasteiger partial charge in [0.05, 0.1) is 0 Å². The van der Waals surface area contributed by atoms with Crippen LogP contribution in [0.3, 0.4) is 0 Å². The van der Waals surface area contributed by atoms with Gasteiger partial charge in [0, 0.05) is 6.04 Å². The van der Waals surface area contributed by atoms with E-state index in [0.717, 1.165) is 6.42 Å². The Morgan fingerprint density at radius 2 is 1.61 bits per heavy atom. The van der Waals surface area contributed by atoms with Crippen molar-refractivity contribution >= 4 is 0 Å². The summed E-state index contributed by atoms with van der Waals surface area (Å²) in [6.45, 7) is 2.16. The minimum Gasteiger partial charge on any atom is -0.508 e. The summed E-state index contributed by atoms with van der Waals surface area (Å²) in [4.78, 5) is 0. The maximum Gasteiger partial charge on any atom is 0.115 e. The lowest BCUT2D eigenvalue weighted by atomic mass is 9.90. The largest absolute Gasteiger partial charge is 0.508 e. The lowest BCUT2D eigenvalue weighted by Gasteiger charge is -2.20.